The van der Waals surface area contributed by atoms with E-state index in [9.17, 15) is 4.79 Å². The number of carbonyl (C=O) groups is 1. The van der Waals surface area contributed by atoms with Crippen LogP contribution >= 0.6 is 0 Å². The number of hydrogen-bond acceptors (Lipinski definition) is 3. The summed E-state index contributed by atoms with van der Waals surface area (Å²) in [6.45, 7) is 3.36. The zero-order chi connectivity index (χ0) is 13.9. The normalized spacial score (nSPS) is 11.3. The second kappa shape index (κ2) is 5.24. The summed E-state index contributed by atoms with van der Waals surface area (Å²) in [6, 6.07) is 9.00. The number of urea groups is 1. The van der Waals surface area contributed by atoms with Gasteiger partial charge in [0.2, 0.25) is 0 Å². The molecule has 0 unspecified atom stereocenters. The Kier molecular flexibility index (Phi) is 3.66. The molecule has 5 nitrogen and oxygen atoms in total. The third-order valence-corrected chi connectivity index (χ3v) is 2.73. The van der Waals surface area contributed by atoms with E-state index in [2.05, 4.69) is 15.6 Å². The molecule has 0 aliphatic carbocycles. The minimum absolute atomic E-state index is 0.131. The van der Waals surface area contributed by atoms with Gasteiger partial charge in [0.25, 0.3) is 0 Å². The predicted octanol–water partition coefficient (Wildman–Crippen LogP) is 2.13. The van der Waals surface area contributed by atoms with Crippen molar-refractivity contribution in [1.29, 1.82) is 0 Å². The van der Waals surface area contributed by atoms with Crippen molar-refractivity contribution in [3.05, 3.63) is 36.5 Å². The Labute approximate surface area is 111 Å². The van der Waals surface area contributed by atoms with Crippen molar-refractivity contribution >= 4 is 22.6 Å². The van der Waals surface area contributed by atoms with Crippen molar-refractivity contribution in [2.75, 3.05) is 11.9 Å². The molecule has 0 spiro atoms. The highest BCUT2D eigenvalue weighted by Crippen LogP contribution is 2.20. The van der Waals surface area contributed by atoms with Gasteiger partial charge in [-0.05, 0) is 26.0 Å². The monoisotopic (exact) mass is 259 g/mol. The number of nitrogens with one attached hydrogen (secondary N) is 2. The first-order valence-electron chi connectivity index (χ1n) is 6.06. The van der Waals surface area contributed by atoms with Crippen LogP contribution in [0, 0.1) is 0 Å². The van der Waals surface area contributed by atoms with Crippen molar-refractivity contribution < 1.29 is 9.90 Å². The fraction of sp³-hybridized carbons (Fsp3) is 0.286. The maximum Gasteiger partial charge on any atom is 0.319 e. The number of carbonyl (C=O) groups excluding carboxylic acids is 1. The molecular weight excluding hydrogens is 242 g/mol. The highest BCUT2D eigenvalue weighted by atomic mass is 16.3. The van der Waals surface area contributed by atoms with E-state index in [1.165, 1.54) is 0 Å². The Morgan fingerprint density at radius 1 is 1.32 bits per heavy atom. The van der Waals surface area contributed by atoms with Crippen LogP contribution in [-0.4, -0.2) is 28.3 Å². The van der Waals surface area contributed by atoms with Crippen LogP contribution in [0.3, 0.4) is 0 Å². The minimum Gasteiger partial charge on any atom is -0.394 e. The van der Waals surface area contributed by atoms with E-state index in [1.807, 2.05) is 24.3 Å². The Morgan fingerprint density at radius 2 is 2.05 bits per heavy atom. The van der Waals surface area contributed by atoms with E-state index < -0.39 is 5.54 Å². The average molecular weight is 259 g/mol. The molecule has 0 atom stereocenters. The highest BCUT2D eigenvalue weighted by Gasteiger charge is 2.19. The zero-order valence-electron chi connectivity index (χ0n) is 11.0. The predicted molar refractivity (Wildman–Crippen MR) is 75.1 cm³/mol. The smallest absolute Gasteiger partial charge is 0.319 e. The van der Waals surface area contributed by atoms with Crippen molar-refractivity contribution in [3.8, 4) is 0 Å². The summed E-state index contributed by atoms with van der Waals surface area (Å²) in [4.78, 5) is 16.1. The maximum atomic E-state index is 11.9. The summed E-state index contributed by atoms with van der Waals surface area (Å²) in [5.74, 6) is 0. The van der Waals surface area contributed by atoms with Crippen molar-refractivity contribution in [3.63, 3.8) is 0 Å². The van der Waals surface area contributed by atoms with Crippen LogP contribution in [0.2, 0.25) is 0 Å². The molecule has 3 N–H and O–H groups in total. The summed E-state index contributed by atoms with van der Waals surface area (Å²) >= 11 is 0. The van der Waals surface area contributed by atoms with Crippen LogP contribution in [0.25, 0.3) is 10.9 Å². The van der Waals surface area contributed by atoms with E-state index in [0.717, 1.165) is 10.9 Å². The van der Waals surface area contributed by atoms with E-state index in [0.29, 0.717) is 5.69 Å². The molecule has 2 rings (SSSR count). The SMILES string of the molecule is CC(C)(CO)NC(=O)Nc1cccc2cccnc12. The lowest BCUT2D eigenvalue weighted by atomic mass is 10.1. The van der Waals surface area contributed by atoms with Gasteiger partial charge in [0.1, 0.15) is 0 Å². The molecule has 0 radical (unpaired) electrons. The quantitative estimate of drug-likeness (QED) is 0.790. The van der Waals surface area contributed by atoms with Crippen molar-refractivity contribution in [1.82, 2.24) is 10.3 Å². The van der Waals surface area contributed by atoms with E-state index in [1.54, 1.807) is 26.1 Å². The number of amides is 2. The molecule has 0 aliphatic heterocycles. The lowest BCUT2D eigenvalue weighted by Crippen LogP contribution is -2.48. The Bertz CT molecular complexity index is 591. The average Bonchev–Trinajstić information content (AvgIpc) is 2.38. The van der Waals surface area contributed by atoms with Crippen LogP contribution in [0.4, 0.5) is 10.5 Å². The molecule has 100 valence electrons. The molecule has 2 aromatic rings. The summed E-state index contributed by atoms with van der Waals surface area (Å²) in [5, 5.41) is 15.5. The topological polar surface area (TPSA) is 74.2 Å². The molecule has 2 amide bonds. The van der Waals surface area contributed by atoms with Crippen molar-refractivity contribution in [2.45, 2.75) is 19.4 Å². The third kappa shape index (κ3) is 3.20. The molecule has 1 aromatic carbocycles. The maximum absolute atomic E-state index is 11.9. The molecule has 0 fully saturated rings. The number of fused-ring (bicyclic) bond motifs is 1. The number of aliphatic hydroxyl groups is 1. The number of aliphatic hydroxyl groups excluding tert-OH is 1. The molecule has 0 saturated carbocycles. The van der Waals surface area contributed by atoms with Gasteiger partial charge in [-0.25, -0.2) is 4.79 Å². The van der Waals surface area contributed by atoms with Gasteiger partial charge in [-0.15, -0.1) is 0 Å². The Balaban J connectivity index is 2.20. The van der Waals surface area contributed by atoms with E-state index >= 15 is 0 Å². The highest BCUT2D eigenvalue weighted by molar-refractivity contribution is 5.99. The van der Waals surface area contributed by atoms with E-state index in [-0.39, 0.29) is 12.6 Å². The first-order valence-corrected chi connectivity index (χ1v) is 6.06. The standard InChI is InChI=1S/C14H17N3O2/c1-14(2,9-18)17-13(19)16-11-7-3-5-10-6-4-8-15-12(10)11/h3-8,18H,9H2,1-2H3,(H2,16,17,19). The number of para-hydroxylation sites is 1. The lowest BCUT2D eigenvalue weighted by molar-refractivity contribution is 0.187. The van der Waals surface area contributed by atoms with Gasteiger partial charge in [0, 0.05) is 11.6 Å². The first kappa shape index (κ1) is 13.3. The van der Waals surface area contributed by atoms with Gasteiger partial charge in [0.05, 0.1) is 23.3 Å². The Morgan fingerprint density at radius 3 is 2.79 bits per heavy atom. The molecule has 5 heteroatoms. The second-order valence-electron chi connectivity index (χ2n) is 5.00. The van der Waals surface area contributed by atoms with Gasteiger partial charge >= 0.3 is 6.03 Å². The number of anilines is 1. The molecule has 0 aliphatic rings. The zero-order valence-corrected chi connectivity index (χ0v) is 11.0. The summed E-state index contributed by atoms with van der Waals surface area (Å²) in [6.07, 6.45) is 1.68. The first-order chi connectivity index (χ1) is 9.02. The minimum atomic E-state index is -0.665. The number of hydrogen-bond donors (Lipinski definition) is 3. The lowest BCUT2D eigenvalue weighted by Gasteiger charge is -2.23. The van der Waals surface area contributed by atoms with E-state index in [4.69, 9.17) is 5.11 Å². The van der Waals surface area contributed by atoms with Crippen LogP contribution in [0.1, 0.15) is 13.8 Å². The van der Waals surface area contributed by atoms with Crippen molar-refractivity contribution in [2.24, 2.45) is 0 Å². The van der Waals surface area contributed by atoms with Crippen LogP contribution in [0.5, 0.6) is 0 Å². The Hall–Kier alpha value is -2.14. The van der Waals surface area contributed by atoms with Gasteiger partial charge in [-0.2, -0.15) is 0 Å². The fourth-order valence-corrected chi connectivity index (χ4v) is 1.71. The molecule has 1 heterocycles. The van der Waals surface area contributed by atoms with Crippen LogP contribution in [-0.2, 0) is 0 Å². The van der Waals surface area contributed by atoms with Gasteiger partial charge < -0.3 is 15.7 Å². The summed E-state index contributed by atoms with van der Waals surface area (Å²) in [5.41, 5.74) is 0.716. The fourth-order valence-electron chi connectivity index (χ4n) is 1.71. The summed E-state index contributed by atoms with van der Waals surface area (Å²) < 4.78 is 0. The molecular formula is C14H17N3O2. The van der Waals surface area contributed by atoms with Gasteiger partial charge in [0.15, 0.2) is 0 Å². The summed E-state index contributed by atoms with van der Waals surface area (Å²) in [7, 11) is 0. The second-order valence-corrected chi connectivity index (χ2v) is 5.00. The van der Waals surface area contributed by atoms with Crippen LogP contribution in [0.15, 0.2) is 36.5 Å². The molecule has 19 heavy (non-hydrogen) atoms. The number of pyridine rings is 1. The number of benzene rings is 1. The largest absolute Gasteiger partial charge is 0.394 e. The molecule has 0 bridgehead atoms. The van der Waals surface area contributed by atoms with Crippen LogP contribution < -0.4 is 10.6 Å². The number of nitrogens with zero attached hydrogens (tertiary/aromatic N) is 1. The van der Waals surface area contributed by atoms with Gasteiger partial charge in [-0.3, -0.25) is 4.98 Å². The number of rotatable bonds is 3. The molecule has 1 aromatic heterocycles. The number of aromatic nitrogens is 1. The van der Waals surface area contributed by atoms with Gasteiger partial charge in [-0.1, -0.05) is 18.2 Å². The third-order valence-electron chi connectivity index (χ3n) is 2.73. The molecule has 0 saturated heterocycles.